The Balaban J connectivity index is 1.42. The van der Waals surface area contributed by atoms with E-state index in [-0.39, 0.29) is 22.6 Å². The van der Waals surface area contributed by atoms with Gasteiger partial charge in [-0.05, 0) is 48.0 Å². The predicted octanol–water partition coefficient (Wildman–Crippen LogP) is 8.09. The average molecular weight is 619 g/mol. The molecule has 0 fully saturated rings. The van der Waals surface area contributed by atoms with E-state index in [2.05, 4.69) is 0 Å². The van der Waals surface area contributed by atoms with Gasteiger partial charge in [0, 0.05) is 41.7 Å². The second kappa shape index (κ2) is 11.1. The SMILES string of the molecule is O=[N+]([O-])c1ccc(OC2=CC(P3(=O)Oc4ccccc4-c4ccccc43)=C(Oc3ccc([N+](=O)[O-])cc3)C3C=CC=CC23)cc1. The summed E-state index contributed by atoms with van der Waals surface area (Å²) in [5.41, 5.74) is 1.40. The molecule has 222 valence electrons. The zero-order valence-electron chi connectivity index (χ0n) is 23.4. The van der Waals surface area contributed by atoms with Crippen molar-refractivity contribution in [1.82, 2.24) is 0 Å². The second-order valence-corrected chi connectivity index (χ2v) is 12.7. The molecule has 0 saturated heterocycles. The minimum absolute atomic E-state index is 0.0759. The zero-order chi connectivity index (χ0) is 31.1. The van der Waals surface area contributed by atoms with Crippen molar-refractivity contribution < 1.29 is 28.4 Å². The van der Waals surface area contributed by atoms with E-state index in [0.717, 1.165) is 11.1 Å². The van der Waals surface area contributed by atoms with Gasteiger partial charge in [0.05, 0.1) is 20.5 Å². The van der Waals surface area contributed by atoms with E-state index in [0.29, 0.717) is 34.1 Å². The van der Waals surface area contributed by atoms with Gasteiger partial charge in [0.25, 0.3) is 11.4 Å². The molecule has 10 nitrogen and oxygen atoms in total. The summed E-state index contributed by atoms with van der Waals surface area (Å²) in [6, 6.07) is 26.1. The summed E-state index contributed by atoms with van der Waals surface area (Å²) in [5.74, 6) is 1.05. The molecule has 0 spiro atoms. The molecule has 3 aliphatic rings. The minimum Gasteiger partial charge on any atom is -0.461 e. The lowest BCUT2D eigenvalue weighted by molar-refractivity contribution is -0.385. The molecule has 1 heterocycles. The Kier molecular flexibility index (Phi) is 6.91. The molecule has 0 aromatic heterocycles. The quantitative estimate of drug-likeness (QED) is 0.115. The fourth-order valence-corrected chi connectivity index (χ4v) is 8.15. The molecule has 4 aromatic carbocycles. The summed E-state index contributed by atoms with van der Waals surface area (Å²) < 4.78 is 34.7. The molecular formula is C34H23N2O8P. The average Bonchev–Trinajstić information content (AvgIpc) is 3.06. The number of nitro benzene ring substituents is 2. The molecular weight excluding hydrogens is 595 g/mol. The number of hydrogen-bond donors (Lipinski definition) is 0. The highest BCUT2D eigenvalue weighted by molar-refractivity contribution is 7.72. The van der Waals surface area contributed by atoms with Crippen molar-refractivity contribution in [1.29, 1.82) is 0 Å². The third-order valence-electron chi connectivity index (χ3n) is 7.80. The number of rotatable bonds is 7. The van der Waals surface area contributed by atoms with E-state index in [1.165, 1.54) is 48.5 Å². The van der Waals surface area contributed by atoms with Crippen LogP contribution in [0.3, 0.4) is 0 Å². The van der Waals surface area contributed by atoms with Crippen molar-refractivity contribution in [2.75, 3.05) is 0 Å². The molecule has 0 amide bonds. The number of benzene rings is 4. The van der Waals surface area contributed by atoms with Gasteiger partial charge in [0.15, 0.2) is 0 Å². The Morgan fingerprint density at radius 2 is 1.22 bits per heavy atom. The normalized spacial score (nSPS) is 21.0. The van der Waals surface area contributed by atoms with Crippen LogP contribution in [0.25, 0.3) is 11.1 Å². The minimum atomic E-state index is -3.91. The van der Waals surface area contributed by atoms with Crippen LogP contribution in [-0.4, -0.2) is 9.85 Å². The summed E-state index contributed by atoms with van der Waals surface area (Å²) in [5, 5.41) is 23.2. The van der Waals surface area contributed by atoms with Crippen molar-refractivity contribution in [3.05, 3.63) is 165 Å². The number of nitro groups is 2. The molecule has 0 radical (unpaired) electrons. The first-order valence-corrected chi connectivity index (χ1v) is 15.6. The Hall–Kier alpha value is -5.73. The van der Waals surface area contributed by atoms with Crippen molar-refractivity contribution in [2.24, 2.45) is 11.8 Å². The molecule has 45 heavy (non-hydrogen) atoms. The largest absolute Gasteiger partial charge is 0.461 e. The number of non-ortho nitro benzene ring substituents is 2. The third kappa shape index (κ3) is 5.01. The smallest absolute Gasteiger partial charge is 0.310 e. The molecule has 3 atom stereocenters. The first-order valence-electron chi connectivity index (χ1n) is 14.0. The molecule has 1 aliphatic heterocycles. The van der Waals surface area contributed by atoms with Gasteiger partial charge in [-0.25, -0.2) is 0 Å². The van der Waals surface area contributed by atoms with Crippen LogP contribution >= 0.6 is 7.37 Å². The Morgan fingerprint density at radius 3 is 1.87 bits per heavy atom. The van der Waals surface area contributed by atoms with Crippen LogP contribution in [0, 0.1) is 32.1 Å². The van der Waals surface area contributed by atoms with Crippen molar-refractivity contribution >= 4 is 24.0 Å². The highest BCUT2D eigenvalue weighted by atomic mass is 31.2. The predicted molar refractivity (Wildman–Crippen MR) is 168 cm³/mol. The second-order valence-electron chi connectivity index (χ2n) is 10.5. The molecule has 3 unspecified atom stereocenters. The van der Waals surface area contributed by atoms with Gasteiger partial charge < -0.3 is 14.0 Å². The lowest BCUT2D eigenvalue weighted by atomic mass is 9.82. The van der Waals surface area contributed by atoms with Crippen molar-refractivity contribution in [2.45, 2.75) is 0 Å². The number of para-hydroxylation sites is 1. The van der Waals surface area contributed by atoms with E-state index >= 15 is 4.57 Å². The summed E-state index contributed by atoms with van der Waals surface area (Å²) in [4.78, 5) is 21.5. The maximum atomic E-state index is 15.4. The van der Waals surface area contributed by atoms with Crippen LogP contribution in [-0.2, 0) is 4.57 Å². The standard InChI is InChI=1S/C34H23N2O8P/c37-35(38)22-13-17-24(18-14-22)42-31-21-33(45(41)32-12-6-4-9-28(32)26-7-3-5-11-30(26)44-45)34(29-10-2-1-8-27(29)31)43-25-19-15-23(16-20-25)36(39)40/h1-21,27,29H. The Bertz CT molecular complexity index is 2030. The zero-order valence-corrected chi connectivity index (χ0v) is 24.3. The van der Waals surface area contributed by atoms with E-state index in [9.17, 15) is 20.2 Å². The Labute approximate surface area is 256 Å². The van der Waals surface area contributed by atoms with Crippen LogP contribution in [0.1, 0.15) is 0 Å². The fraction of sp³-hybridized carbons (Fsp3) is 0.0588. The number of hydrogen-bond acceptors (Lipinski definition) is 8. The van der Waals surface area contributed by atoms with Crippen molar-refractivity contribution in [3.63, 3.8) is 0 Å². The maximum Gasteiger partial charge on any atom is 0.310 e. The van der Waals surface area contributed by atoms with E-state index in [4.69, 9.17) is 14.0 Å². The van der Waals surface area contributed by atoms with E-state index < -0.39 is 23.1 Å². The molecule has 0 N–H and O–H groups in total. The van der Waals surface area contributed by atoms with Crippen LogP contribution in [0.15, 0.2) is 144 Å². The van der Waals surface area contributed by atoms with Crippen LogP contribution in [0.4, 0.5) is 11.4 Å². The molecule has 2 aliphatic carbocycles. The van der Waals surface area contributed by atoms with Crippen LogP contribution < -0.4 is 19.3 Å². The topological polar surface area (TPSA) is 131 Å². The van der Waals surface area contributed by atoms with Gasteiger partial charge in [-0.15, -0.1) is 0 Å². The highest BCUT2D eigenvalue weighted by Gasteiger charge is 2.46. The maximum absolute atomic E-state index is 15.4. The molecule has 4 aromatic rings. The molecule has 7 rings (SSSR count). The number of fused-ring (bicyclic) bond motifs is 4. The fourth-order valence-electron chi connectivity index (χ4n) is 5.68. The van der Waals surface area contributed by atoms with E-state index in [1.54, 1.807) is 24.3 Å². The summed E-state index contributed by atoms with van der Waals surface area (Å²) >= 11 is 0. The number of nitrogens with zero attached hydrogens (tertiary/aromatic N) is 2. The summed E-state index contributed by atoms with van der Waals surface area (Å²) in [6.45, 7) is 0. The first-order chi connectivity index (χ1) is 21.8. The van der Waals surface area contributed by atoms with Gasteiger partial charge >= 0.3 is 7.37 Å². The molecule has 0 bridgehead atoms. The Morgan fingerprint density at radius 1 is 0.667 bits per heavy atom. The van der Waals surface area contributed by atoms with Crippen LogP contribution in [0.2, 0.25) is 0 Å². The highest BCUT2D eigenvalue weighted by Crippen LogP contribution is 2.63. The van der Waals surface area contributed by atoms with Gasteiger partial charge in [-0.3, -0.25) is 24.8 Å². The summed E-state index contributed by atoms with van der Waals surface area (Å²) in [6.07, 6.45) is 9.23. The first kappa shape index (κ1) is 28.1. The van der Waals surface area contributed by atoms with Crippen molar-refractivity contribution in [3.8, 4) is 28.4 Å². The van der Waals surface area contributed by atoms with Crippen LogP contribution in [0.5, 0.6) is 17.2 Å². The molecule has 0 saturated carbocycles. The lowest BCUT2D eigenvalue weighted by Crippen LogP contribution is -2.29. The van der Waals surface area contributed by atoms with Gasteiger partial charge in [0.1, 0.15) is 28.8 Å². The van der Waals surface area contributed by atoms with E-state index in [1.807, 2.05) is 54.6 Å². The lowest BCUT2D eigenvalue weighted by Gasteiger charge is -2.37. The number of allylic oxidation sites excluding steroid dienone is 6. The third-order valence-corrected chi connectivity index (χ3v) is 10.3. The molecule has 11 heteroatoms. The van der Waals surface area contributed by atoms with Gasteiger partial charge in [-0.2, -0.15) is 0 Å². The van der Waals surface area contributed by atoms with Gasteiger partial charge in [-0.1, -0.05) is 60.7 Å². The monoisotopic (exact) mass is 618 g/mol. The number of ether oxygens (including phenoxy) is 2. The summed E-state index contributed by atoms with van der Waals surface area (Å²) in [7, 11) is -3.91. The van der Waals surface area contributed by atoms with Gasteiger partial charge in [0.2, 0.25) is 0 Å².